The van der Waals surface area contributed by atoms with Crippen LogP contribution in [-0.2, 0) is 5.67 Å². The molecule has 16 heavy (non-hydrogen) atoms. The summed E-state index contributed by atoms with van der Waals surface area (Å²) in [5.41, 5.74) is 5.72. The summed E-state index contributed by atoms with van der Waals surface area (Å²) >= 11 is 0. The molecule has 2 N–H and O–H groups in total. The molecule has 2 rings (SSSR count). The average Bonchev–Trinajstić information content (AvgIpc) is 2.60. The molecule has 1 aromatic carbocycles. The van der Waals surface area contributed by atoms with Crippen molar-refractivity contribution in [3.63, 3.8) is 0 Å². The molecule has 1 heterocycles. The van der Waals surface area contributed by atoms with Crippen molar-refractivity contribution in [2.24, 2.45) is 5.73 Å². The first-order valence-electron chi connectivity index (χ1n) is 5.28. The van der Waals surface area contributed by atoms with E-state index in [1.54, 1.807) is 12.1 Å². The minimum Gasteiger partial charge on any atom is -0.454 e. The van der Waals surface area contributed by atoms with Gasteiger partial charge in [0.2, 0.25) is 6.79 Å². The van der Waals surface area contributed by atoms with Crippen LogP contribution in [0.25, 0.3) is 0 Å². The first-order chi connectivity index (χ1) is 7.39. The highest BCUT2D eigenvalue weighted by atomic mass is 19.1. The summed E-state index contributed by atoms with van der Waals surface area (Å²) in [6.45, 7) is 5.03. The van der Waals surface area contributed by atoms with Gasteiger partial charge in [0, 0.05) is 6.04 Å². The Morgan fingerprint density at radius 2 is 1.88 bits per heavy atom. The molecule has 0 spiro atoms. The summed E-state index contributed by atoms with van der Waals surface area (Å²) in [7, 11) is 0. The van der Waals surface area contributed by atoms with Gasteiger partial charge in [-0.1, -0.05) is 0 Å². The third-order valence-electron chi connectivity index (χ3n) is 2.68. The molecule has 0 saturated heterocycles. The molecule has 1 atom stereocenters. The maximum atomic E-state index is 14.1. The van der Waals surface area contributed by atoms with Gasteiger partial charge in [0.15, 0.2) is 11.5 Å². The van der Waals surface area contributed by atoms with Crippen molar-refractivity contribution in [1.29, 1.82) is 0 Å². The predicted octanol–water partition coefficient (Wildman–Crippen LogP) is 2.64. The Bertz CT molecular complexity index is 410. The van der Waals surface area contributed by atoms with E-state index < -0.39 is 5.67 Å². The van der Waals surface area contributed by atoms with Crippen molar-refractivity contribution in [2.45, 2.75) is 32.5 Å². The number of alkyl halides is 1. The standard InChI is InChI=1S/C12H16FNO2/c1-7(14)8-4-10-11(16-6-15-10)5-9(8)12(2,3)13/h4-5,7H,6,14H2,1-3H3. The SMILES string of the molecule is CC(N)c1cc2c(cc1C(C)(C)F)OCO2. The Morgan fingerprint density at radius 1 is 1.31 bits per heavy atom. The Morgan fingerprint density at radius 3 is 2.38 bits per heavy atom. The van der Waals surface area contributed by atoms with Gasteiger partial charge in [-0.05, 0) is 44.0 Å². The zero-order valence-corrected chi connectivity index (χ0v) is 9.71. The molecule has 4 heteroatoms. The first kappa shape index (κ1) is 11.2. The number of fused-ring (bicyclic) bond motifs is 1. The van der Waals surface area contributed by atoms with Crippen LogP contribution in [0, 0.1) is 0 Å². The van der Waals surface area contributed by atoms with E-state index in [0.29, 0.717) is 17.1 Å². The summed E-state index contributed by atoms with van der Waals surface area (Å²) in [4.78, 5) is 0. The van der Waals surface area contributed by atoms with E-state index in [-0.39, 0.29) is 12.8 Å². The highest BCUT2D eigenvalue weighted by Gasteiger charge is 2.28. The lowest BCUT2D eigenvalue weighted by Gasteiger charge is -2.21. The third kappa shape index (κ3) is 1.85. The van der Waals surface area contributed by atoms with Crippen LogP contribution in [0.15, 0.2) is 12.1 Å². The van der Waals surface area contributed by atoms with Crippen molar-refractivity contribution in [2.75, 3.05) is 6.79 Å². The van der Waals surface area contributed by atoms with E-state index in [9.17, 15) is 4.39 Å². The molecule has 0 bridgehead atoms. The fourth-order valence-corrected chi connectivity index (χ4v) is 1.85. The highest BCUT2D eigenvalue weighted by Crippen LogP contribution is 2.41. The number of halogens is 1. The molecule has 1 unspecified atom stereocenters. The van der Waals surface area contributed by atoms with Crippen molar-refractivity contribution < 1.29 is 13.9 Å². The zero-order valence-electron chi connectivity index (χ0n) is 9.71. The lowest BCUT2D eigenvalue weighted by atomic mass is 9.91. The molecule has 3 nitrogen and oxygen atoms in total. The molecule has 0 amide bonds. The molecule has 1 aliphatic rings. The largest absolute Gasteiger partial charge is 0.454 e. The molecule has 0 saturated carbocycles. The van der Waals surface area contributed by atoms with Crippen LogP contribution >= 0.6 is 0 Å². The maximum absolute atomic E-state index is 14.1. The van der Waals surface area contributed by atoms with Crippen LogP contribution in [0.5, 0.6) is 11.5 Å². The second-order valence-electron chi connectivity index (χ2n) is 4.55. The zero-order chi connectivity index (χ0) is 11.9. The Hall–Kier alpha value is -1.29. The number of hydrogen-bond acceptors (Lipinski definition) is 3. The number of nitrogens with two attached hydrogens (primary N) is 1. The fraction of sp³-hybridized carbons (Fsp3) is 0.500. The lowest BCUT2D eigenvalue weighted by molar-refractivity contribution is 0.173. The van der Waals surface area contributed by atoms with Gasteiger partial charge < -0.3 is 15.2 Å². The van der Waals surface area contributed by atoms with E-state index in [1.165, 1.54) is 13.8 Å². The van der Waals surface area contributed by atoms with Crippen LogP contribution in [0.1, 0.15) is 37.9 Å². The first-order valence-corrected chi connectivity index (χ1v) is 5.28. The Kier molecular flexibility index (Phi) is 2.54. The second kappa shape index (κ2) is 3.63. The van der Waals surface area contributed by atoms with Gasteiger partial charge >= 0.3 is 0 Å². The van der Waals surface area contributed by atoms with E-state index in [1.807, 2.05) is 6.92 Å². The summed E-state index contributed by atoms with van der Waals surface area (Å²) in [5, 5.41) is 0. The molecule has 0 radical (unpaired) electrons. The molecule has 0 fully saturated rings. The molecule has 88 valence electrons. The van der Waals surface area contributed by atoms with Crippen LogP contribution in [0.2, 0.25) is 0 Å². The minimum atomic E-state index is -1.44. The molecule has 0 aromatic heterocycles. The Labute approximate surface area is 94.3 Å². The van der Waals surface area contributed by atoms with Crippen LogP contribution in [-0.4, -0.2) is 6.79 Å². The monoisotopic (exact) mass is 225 g/mol. The second-order valence-corrected chi connectivity index (χ2v) is 4.55. The molecule has 1 aliphatic heterocycles. The smallest absolute Gasteiger partial charge is 0.231 e. The van der Waals surface area contributed by atoms with Crippen LogP contribution in [0.4, 0.5) is 4.39 Å². The minimum absolute atomic E-state index is 0.184. The van der Waals surface area contributed by atoms with Crippen molar-refractivity contribution in [3.05, 3.63) is 23.3 Å². The lowest BCUT2D eigenvalue weighted by Crippen LogP contribution is -2.17. The fourth-order valence-electron chi connectivity index (χ4n) is 1.85. The number of rotatable bonds is 2. The number of ether oxygens (including phenoxy) is 2. The normalized spacial score (nSPS) is 16.3. The van der Waals surface area contributed by atoms with Gasteiger partial charge in [-0.15, -0.1) is 0 Å². The highest BCUT2D eigenvalue weighted by molar-refractivity contribution is 5.51. The molecular weight excluding hydrogens is 209 g/mol. The summed E-state index contributed by atoms with van der Waals surface area (Å²) in [5.74, 6) is 1.23. The van der Waals surface area contributed by atoms with Gasteiger partial charge in [0.05, 0.1) is 0 Å². The molecular formula is C12H16FNO2. The third-order valence-corrected chi connectivity index (χ3v) is 2.68. The van der Waals surface area contributed by atoms with E-state index >= 15 is 0 Å². The van der Waals surface area contributed by atoms with E-state index in [4.69, 9.17) is 15.2 Å². The Balaban J connectivity index is 2.58. The number of benzene rings is 1. The van der Waals surface area contributed by atoms with E-state index in [0.717, 1.165) is 5.56 Å². The van der Waals surface area contributed by atoms with Gasteiger partial charge in [0.25, 0.3) is 0 Å². The van der Waals surface area contributed by atoms with Crippen molar-refractivity contribution in [3.8, 4) is 11.5 Å². The van der Waals surface area contributed by atoms with Crippen LogP contribution < -0.4 is 15.2 Å². The maximum Gasteiger partial charge on any atom is 0.231 e. The van der Waals surface area contributed by atoms with Gasteiger partial charge in [0.1, 0.15) is 5.67 Å². The van der Waals surface area contributed by atoms with Gasteiger partial charge in [-0.2, -0.15) is 0 Å². The molecule has 0 aliphatic carbocycles. The van der Waals surface area contributed by atoms with Crippen molar-refractivity contribution >= 4 is 0 Å². The quantitative estimate of drug-likeness (QED) is 0.841. The predicted molar refractivity (Wildman–Crippen MR) is 59.3 cm³/mol. The van der Waals surface area contributed by atoms with Crippen molar-refractivity contribution in [1.82, 2.24) is 0 Å². The van der Waals surface area contributed by atoms with Gasteiger partial charge in [-0.3, -0.25) is 0 Å². The van der Waals surface area contributed by atoms with E-state index in [2.05, 4.69) is 0 Å². The topological polar surface area (TPSA) is 44.5 Å². The van der Waals surface area contributed by atoms with Gasteiger partial charge in [-0.25, -0.2) is 4.39 Å². The molecule has 1 aromatic rings. The summed E-state index contributed by atoms with van der Waals surface area (Å²) < 4.78 is 24.6. The number of hydrogen-bond donors (Lipinski definition) is 1. The summed E-state index contributed by atoms with van der Waals surface area (Å²) in [6.07, 6.45) is 0. The van der Waals surface area contributed by atoms with Crippen LogP contribution in [0.3, 0.4) is 0 Å². The average molecular weight is 225 g/mol. The summed E-state index contributed by atoms with van der Waals surface area (Å²) in [6, 6.07) is 3.21.